The Morgan fingerprint density at radius 3 is 2.46 bits per heavy atom. The van der Waals surface area contributed by atoms with E-state index in [0.717, 1.165) is 12.1 Å². The summed E-state index contributed by atoms with van der Waals surface area (Å²) in [6, 6.07) is 1.67. The van der Waals surface area contributed by atoms with Crippen molar-refractivity contribution in [2.24, 2.45) is 5.92 Å². The van der Waals surface area contributed by atoms with Gasteiger partial charge in [-0.15, -0.1) is 0 Å². The van der Waals surface area contributed by atoms with Crippen LogP contribution in [0.25, 0.3) is 0 Å². The van der Waals surface area contributed by atoms with Crippen molar-refractivity contribution in [1.29, 1.82) is 0 Å². The minimum atomic E-state index is -1.51. The highest BCUT2D eigenvalue weighted by atomic mass is 35.6. The topological polar surface area (TPSA) is 26.0 Å². The van der Waals surface area contributed by atoms with Gasteiger partial charge in [-0.25, -0.2) is 0 Å². The van der Waals surface area contributed by atoms with E-state index in [1.807, 2.05) is 0 Å². The average Bonchev–Trinajstić information content (AvgIpc) is 2.32. The highest BCUT2D eigenvalue weighted by molar-refractivity contribution is 6.66. The molecule has 0 aliphatic carbocycles. The summed E-state index contributed by atoms with van der Waals surface area (Å²) in [6.07, 6.45) is 0.824. The molecule has 0 amide bonds. The van der Waals surface area contributed by atoms with E-state index in [2.05, 4.69) is 19.0 Å². The lowest BCUT2D eigenvalue weighted by molar-refractivity contribution is 0.378. The first-order valence-corrected chi connectivity index (χ1v) is 5.05. The van der Waals surface area contributed by atoms with E-state index in [1.165, 1.54) is 0 Å². The third-order valence-electron chi connectivity index (χ3n) is 1.46. The zero-order valence-electron chi connectivity index (χ0n) is 7.35. The molecule has 0 aromatic carbocycles. The van der Waals surface area contributed by atoms with E-state index < -0.39 is 3.79 Å². The number of aromatic nitrogens is 1. The smallest absolute Gasteiger partial charge is 0.250 e. The zero-order chi connectivity index (χ0) is 10.1. The van der Waals surface area contributed by atoms with Gasteiger partial charge < -0.3 is 4.52 Å². The maximum absolute atomic E-state index is 5.61. The Labute approximate surface area is 92.1 Å². The maximum atomic E-state index is 5.61. The van der Waals surface area contributed by atoms with Crippen molar-refractivity contribution in [2.75, 3.05) is 0 Å². The van der Waals surface area contributed by atoms with Crippen LogP contribution in [-0.2, 0) is 10.2 Å². The van der Waals surface area contributed by atoms with Gasteiger partial charge in [0.2, 0.25) is 0 Å². The summed E-state index contributed by atoms with van der Waals surface area (Å²) in [6.45, 7) is 4.17. The number of halogens is 3. The van der Waals surface area contributed by atoms with Crippen LogP contribution in [0.2, 0.25) is 0 Å². The van der Waals surface area contributed by atoms with E-state index in [-0.39, 0.29) is 5.76 Å². The Hall–Kier alpha value is 0.0800. The highest BCUT2D eigenvalue weighted by Crippen LogP contribution is 2.38. The molecule has 74 valence electrons. The van der Waals surface area contributed by atoms with Gasteiger partial charge in [0.05, 0.1) is 5.69 Å². The van der Waals surface area contributed by atoms with Crippen LogP contribution in [0.1, 0.15) is 25.3 Å². The molecule has 13 heavy (non-hydrogen) atoms. The minimum Gasteiger partial charge on any atom is -0.356 e. The van der Waals surface area contributed by atoms with Crippen molar-refractivity contribution in [3.63, 3.8) is 0 Å². The molecule has 0 aliphatic rings. The lowest BCUT2D eigenvalue weighted by Crippen LogP contribution is -1.97. The molecule has 1 heterocycles. The van der Waals surface area contributed by atoms with Crippen molar-refractivity contribution in [2.45, 2.75) is 24.1 Å². The van der Waals surface area contributed by atoms with Gasteiger partial charge in [0.15, 0.2) is 5.76 Å². The molecule has 0 N–H and O–H groups in total. The quantitative estimate of drug-likeness (QED) is 0.739. The monoisotopic (exact) mass is 241 g/mol. The predicted octanol–water partition coefficient (Wildman–Crippen LogP) is 3.70. The molecule has 1 rings (SSSR count). The van der Waals surface area contributed by atoms with E-state index >= 15 is 0 Å². The van der Waals surface area contributed by atoms with Gasteiger partial charge >= 0.3 is 0 Å². The van der Waals surface area contributed by atoms with E-state index in [1.54, 1.807) is 6.07 Å². The van der Waals surface area contributed by atoms with Crippen LogP contribution in [0.5, 0.6) is 0 Å². The lowest BCUT2D eigenvalue weighted by Gasteiger charge is -2.03. The summed E-state index contributed by atoms with van der Waals surface area (Å²) in [5.41, 5.74) is 0.816. The standard InChI is InChI=1S/C8H10Cl3NO/c1-5(2)3-6-4-7(13-12-6)8(9,10)11/h4-5H,3H2,1-2H3. The lowest BCUT2D eigenvalue weighted by atomic mass is 10.1. The zero-order valence-corrected chi connectivity index (χ0v) is 9.62. The fourth-order valence-electron chi connectivity index (χ4n) is 0.960. The van der Waals surface area contributed by atoms with Crippen molar-refractivity contribution in [3.8, 4) is 0 Å². The van der Waals surface area contributed by atoms with Crippen LogP contribution in [0, 0.1) is 5.92 Å². The van der Waals surface area contributed by atoms with Crippen molar-refractivity contribution < 1.29 is 4.52 Å². The third-order valence-corrected chi connectivity index (χ3v) is 2.01. The van der Waals surface area contributed by atoms with Crippen LogP contribution in [0.15, 0.2) is 10.6 Å². The first kappa shape index (κ1) is 11.2. The molecule has 0 radical (unpaired) electrons. The molecular formula is C8H10Cl3NO. The Balaban J connectivity index is 2.75. The molecule has 0 saturated carbocycles. The number of nitrogens with zero attached hydrogens (tertiary/aromatic N) is 1. The molecule has 0 spiro atoms. The molecule has 1 aromatic rings. The highest BCUT2D eigenvalue weighted by Gasteiger charge is 2.28. The predicted molar refractivity (Wildman–Crippen MR) is 54.3 cm³/mol. The van der Waals surface area contributed by atoms with Crippen LogP contribution >= 0.6 is 34.8 Å². The van der Waals surface area contributed by atoms with Crippen molar-refractivity contribution in [1.82, 2.24) is 5.16 Å². The summed E-state index contributed by atoms with van der Waals surface area (Å²) in [7, 11) is 0. The maximum Gasteiger partial charge on any atom is 0.250 e. The Kier molecular flexibility index (Phi) is 3.50. The SMILES string of the molecule is CC(C)Cc1cc(C(Cl)(Cl)Cl)on1. The van der Waals surface area contributed by atoms with Gasteiger partial charge in [0.25, 0.3) is 3.79 Å². The fourth-order valence-corrected chi connectivity index (χ4v) is 1.23. The van der Waals surface area contributed by atoms with Crippen molar-refractivity contribution >= 4 is 34.8 Å². The Bertz CT molecular complexity index is 277. The van der Waals surface area contributed by atoms with Crippen LogP contribution < -0.4 is 0 Å². The molecule has 0 bridgehead atoms. The second-order valence-corrected chi connectivity index (χ2v) is 5.56. The fraction of sp³-hybridized carbons (Fsp3) is 0.625. The van der Waals surface area contributed by atoms with Gasteiger partial charge in [-0.3, -0.25) is 0 Å². The average molecular weight is 243 g/mol. The minimum absolute atomic E-state index is 0.271. The molecule has 0 unspecified atom stereocenters. The largest absolute Gasteiger partial charge is 0.356 e. The molecule has 0 fully saturated rings. The van der Waals surface area contributed by atoms with Crippen LogP contribution in [0.4, 0.5) is 0 Å². The normalized spacial score (nSPS) is 12.5. The Morgan fingerprint density at radius 2 is 2.08 bits per heavy atom. The summed E-state index contributed by atoms with van der Waals surface area (Å²) < 4.78 is 3.37. The number of alkyl halides is 3. The molecule has 0 atom stereocenters. The summed E-state index contributed by atoms with van der Waals surface area (Å²) in [5.74, 6) is 0.779. The molecule has 0 saturated heterocycles. The number of hydrogen-bond acceptors (Lipinski definition) is 2. The first-order chi connectivity index (χ1) is 5.89. The Morgan fingerprint density at radius 1 is 1.46 bits per heavy atom. The second kappa shape index (κ2) is 4.07. The van der Waals surface area contributed by atoms with Gasteiger partial charge in [0, 0.05) is 6.07 Å². The molecule has 1 aromatic heterocycles. The van der Waals surface area contributed by atoms with Crippen LogP contribution in [-0.4, -0.2) is 5.16 Å². The third kappa shape index (κ3) is 3.37. The van der Waals surface area contributed by atoms with Gasteiger partial charge in [-0.1, -0.05) is 53.8 Å². The van der Waals surface area contributed by atoms with E-state index in [0.29, 0.717) is 5.92 Å². The molecule has 5 heteroatoms. The summed E-state index contributed by atoms with van der Waals surface area (Å²) >= 11 is 16.8. The van der Waals surface area contributed by atoms with Crippen molar-refractivity contribution in [3.05, 3.63) is 17.5 Å². The van der Waals surface area contributed by atoms with Gasteiger partial charge in [0.1, 0.15) is 0 Å². The number of rotatable bonds is 2. The van der Waals surface area contributed by atoms with E-state index in [9.17, 15) is 0 Å². The second-order valence-electron chi connectivity index (χ2n) is 3.28. The molecule has 2 nitrogen and oxygen atoms in total. The van der Waals surface area contributed by atoms with Gasteiger partial charge in [-0.2, -0.15) is 0 Å². The number of hydrogen-bond donors (Lipinski definition) is 0. The summed E-state index contributed by atoms with van der Waals surface area (Å²) in [4.78, 5) is 0. The molecular weight excluding hydrogens is 232 g/mol. The molecule has 0 aliphatic heterocycles. The first-order valence-electron chi connectivity index (χ1n) is 3.92. The van der Waals surface area contributed by atoms with Gasteiger partial charge in [-0.05, 0) is 12.3 Å². The van der Waals surface area contributed by atoms with Crippen LogP contribution in [0.3, 0.4) is 0 Å². The van der Waals surface area contributed by atoms with E-state index in [4.69, 9.17) is 39.3 Å². The summed E-state index contributed by atoms with van der Waals surface area (Å²) in [5, 5.41) is 3.79.